The van der Waals surface area contributed by atoms with Gasteiger partial charge in [0.25, 0.3) is 0 Å². The van der Waals surface area contributed by atoms with E-state index in [4.69, 9.17) is 10.4 Å². The van der Waals surface area contributed by atoms with E-state index in [1.54, 1.807) is 0 Å². The van der Waals surface area contributed by atoms with E-state index in [0.717, 1.165) is 12.1 Å². The average molecular weight is 257 g/mol. The van der Waals surface area contributed by atoms with Crippen LogP contribution in [0, 0.1) is 17.1 Å². The van der Waals surface area contributed by atoms with Crippen LogP contribution in [0.25, 0.3) is 11.1 Å². The van der Waals surface area contributed by atoms with Crippen LogP contribution in [-0.2, 0) is 0 Å². The molecule has 19 heavy (non-hydrogen) atoms. The molecule has 2 N–H and O–H groups in total. The number of phenols is 1. The number of rotatable bonds is 2. The number of phenolic OH excluding ortho intramolecular Hbond substituents is 1. The molecule has 0 atom stereocenters. The van der Waals surface area contributed by atoms with E-state index >= 15 is 0 Å². The Kier molecular flexibility index (Phi) is 3.17. The standard InChI is InChI=1S/C14H8FNO3/c15-13-2-1-8(7-16)3-12(13)9-4-10(14(18)19)6-11(17)5-9/h1-6,17H,(H,18,19). The summed E-state index contributed by atoms with van der Waals surface area (Å²) in [6.07, 6.45) is 0. The lowest BCUT2D eigenvalue weighted by Gasteiger charge is -2.06. The molecule has 94 valence electrons. The molecule has 5 heteroatoms. The molecule has 0 fully saturated rings. The smallest absolute Gasteiger partial charge is 0.335 e. The van der Waals surface area contributed by atoms with E-state index < -0.39 is 11.8 Å². The fraction of sp³-hybridized carbons (Fsp3) is 0. The van der Waals surface area contributed by atoms with Crippen molar-refractivity contribution < 1.29 is 19.4 Å². The summed E-state index contributed by atoms with van der Waals surface area (Å²) in [5.41, 5.74) is 0.359. The van der Waals surface area contributed by atoms with Crippen LogP contribution in [0.1, 0.15) is 15.9 Å². The van der Waals surface area contributed by atoms with Crippen molar-refractivity contribution in [1.82, 2.24) is 0 Å². The minimum Gasteiger partial charge on any atom is -0.508 e. The van der Waals surface area contributed by atoms with Crippen molar-refractivity contribution in [3.8, 4) is 22.9 Å². The molecule has 0 aliphatic carbocycles. The van der Waals surface area contributed by atoms with Crippen molar-refractivity contribution in [2.45, 2.75) is 0 Å². The van der Waals surface area contributed by atoms with Crippen molar-refractivity contribution in [3.63, 3.8) is 0 Å². The average Bonchev–Trinajstić information content (AvgIpc) is 2.38. The molecule has 0 heterocycles. The number of benzene rings is 2. The van der Waals surface area contributed by atoms with E-state index in [-0.39, 0.29) is 28.0 Å². The first-order valence-electron chi connectivity index (χ1n) is 5.28. The van der Waals surface area contributed by atoms with E-state index in [1.165, 1.54) is 24.3 Å². The van der Waals surface area contributed by atoms with Crippen LogP contribution in [0.3, 0.4) is 0 Å². The van der Waals surface area contributed by atoms with Crippen LogP contribution >= 0.6 is 0 Å². The van der Waals surface area contributed by atoms with Gasteiger partial charge in [-0.25, -0.2) is 9.18 Å². The molecule has 0 saturated heterocycles. The summed E-state index contributed by atoms with van der Waals surface area (Å²) in [6, 6.07) is 9.16. The first-order chi connectivity index (χ1) is 9.01. The van der Waals surface area contributed by atoms with Gasteiger partial charge in [0.15, 0.2) is 0 Å². The van der Waals surface area contributed by atoms with Crippen LogP contribution in [0.5, 0.6) is 5.75 Å². The first kappa shape index (κ1) is 12.6. The molecule has 0 radical (unpaired) electrons. The Labute approximate surface area is 108 Å². The van der Waals surface area contributed by atoms with Gasteiger partial charge in [-0.15, -0.1) is 0 Å². The Hall–Kier alpha value is -2.87. The van der Waals surface area contributed by atoms with Gasteiger partial charge in [-0.2, -0.15) is 5.26 Å². The fourth-order valence-corrected chi connectivity index (χ4v) is 1.71. The van der Waals surface area contributed by atoms with Crippen molar-refractivity contribution in [2.24, 2.45) is 0 Å². The van der Waals surface area contributed by atoms with Gasteiger partial charge in [-0.1, -0.05) is 0 Å². The molecule has 2 rings (SSSR count). The van der Waals surface area contributed by atoms with Gasteiger partial charge >= 0.3 is 5.97 Å². The summed E-state index contributed by atoms with van der Waals surface area (Å²) in [6.45, 7) is 0. The van der Waals surface area contributed by atoms with E-state index in [0.29, 0.717) is 0 Å². The first-order valence-corrected chi connectivity index (χ1v) is 5.28. The molecule has 0 aliphatic heterocycles. The number of carboxylic acid groups (broad SMARTS) is 1. The quantitative estimate of drug-likeness (QED) is 0.866. The summed E-state index contributed by atoms with van der Waals surface area (Å²) in [5.74, 6) is -2.11. The highest BCUT2D eigenvalue weighted by molar-refractivity contribution is 5.90. The summed E-state index contributed by atoms with van der Waals surface area (Å²) in [4.78, 5) is 10.9. The van der Waals surface area contributed by atoms with E-state index in [2.05, 4.69) is 0 Å². The SMILES string of the molecule is N#Cc1ccc(F)c(-c2cc(O)cc(C(=O)O)c2)c1. The van der Waals surface area contributed by atoms with Gasteiger partial charge in [-0.3, -0.25) is 0 Å². The number of carbonyl (C=O) groups is 1. The van der Waals surface area contributed by atoms with Gasteiger partial charge in [0.1, 0.15) is 11.6 Å². The Balaban J connectivity index is 2.65. The van der Waals surface area contributed by atoms with Crippen molar-refractivity contribution in [3.05, 3.63) is 53.3 Å². The van der Waals surface area contributed by atoms with Crippen LogP contribution in [-0.4, -0.2) is 16.2 Å². The maximum atomic E-state index is 13.7. The zero-order chi connectivity index (χ0) is 14.0. The zero-order valence-electron chi connectivity index (χ0n) is 9.59. The Morgan fingerprint density at radius 1 is 1.21 bits per heavy atom. The Morgan fingerprint density at radius 3 is 2.58 bits per heavy atom. The maximum absolute atomic E-state index is 13.7. The molecule has 2 aromatic rings. The second-order valence-electron chi connectivity index (χ2n) is 3.88. The molecule has 0 bridgehead atoms. The zero-order valence-corrected chi connectivity index (χ0v) is 9.59. The van der Waals surface area contributed by atoms with Gasteiger partial charge in [0, 0.05) is 5.56 Å². The second kappa shape index (κ2) is 4.78. The number of carboxylic acids is 1. The second-order valence-corrected chi connectivity index (χ2v) is 3.88. The highest BCUT2D eigenvalue weighted by atomic mass is 19.1. The van der Waals surface area contributed by atoms with Gasteiger partial charge < -0.3 is 10.2 Å². The lowest BCUT2D eigenvalue weighted by molar-refractivity contribution is 0.0696. The number of halogens is 1. The topological polar surface area (TPSA) is 81.3 Å². The van der Waals surface area contributed by atoms with Crippen LogP contribution in [0.4, 0.5) is 4.39 Å². The van der Waals surface area contributed by atoms with E-state index in [9.17, 15) is 14.3 Å². The van der Waals surface area contributed by atoms with Crippen LogP contribution in [0.2, 0.25) is 0 Å². The molecule has 0 aliphatic rings. The highest BCUT2D eigenvalue weighted by Crippen LogP contribution is 2.28. The van der Waals surface area contributed by atoms with Crippen molar-refractivity contribution in [2.75, 3.05) is 0 Å². The number of aromatic carboxylic acids is 1. The summed E-state index contributed by atoms with van der Waals surface area (Å²) in [7, 11) is 0. The lowest BCUT2D eigenvalue weighted by Crippen LogP contribution is -1.97. The van der Waals surface area contributed by atoms with Gasteiger partial charge in [0.05, 0.1) is 17.2 Å². The van der Waals surface area contributed by atoms with Gasteiger partial charge in [-0.05, 0) is 42.0 Å². The maximum Gasteiger partial charge on any atom is 0.335 e. The number of nitrogens with zero attached hydrogens (tertiary/aromatic N) is 1. The Bertz CT molecular complexity index is 704. The molecule has 0 saturated carbocycles. The summed E-state index contributed by atoms with van der Waals surface area (Å²) in [5, 5.41) is 27.1. The predicted octanol–water partition coefficient (Wildman–Crippen LogP) is 2.77. The third kappa shape index (κ3) is 2.53. The molecular weight excluding hydrogens is 249 g/mol. The van der Waals surface area contributed by atoms with Crippen molar-refractivity contribution in [1.29, 1.82) is 5.26 Å². The minimum atomic E-state index is -1.23. The molecule has 4 nitrogen and oxygen atoms in total. The third-order valence-corrected chi connectivity index (χ3v) is 2.57. The number of aromatic hydroxyl groups is 1. The van der Waals surface area contributed by atoms with Crippen molar-refractivity contribution >= 4 is 5.97 Å². The third-order valence-electron chi connectivity index (χ3n) is 2.57. The predicted molar refractivity (Wildman–Crippen MR) is 65.2 cm³/mol. The highest BCUT2D eigenvalue weighted by Gasteiger charge is 2.11. The molecule has 0 unspecified atom stereocenters. The minimum absolute atomic E-state index is 0.0671. The fourth-order valence-electron chi connectivity index (χ4n) is 1.71. The summed E-state index contributed by atoms with van der Waals surface area (Å²) >= 11 is 0. The number of hydrogen-bond donors (Lipinski definition) is 2. The largest absolute Gasteiger partial charge is 0.508 e. The van der Waals surface area contributed by atoms with Crippen LogP contribution in [0.15, 0.2) is 36.4 Å². The molecule has 0 aromatic heterocycles. The normalized spacial score (nSPS) is 9.89. The van der Waals surface area contributed by atoms with Crippen LogP contribution < -0.4 is 0 Å². The number of nitriles is 1. The molecular formula is C14H8FNO3. The monoisotopic (exact) mass is 257 g/mol. The number of hydrogen-bond acceptors (Lipinski definition) is 3. The van der Waals surface area contributed by atoms with Gasteiger partial charge in [0.2, 0.25) is 0 Å². The summed E-state index contributed by atoms with van der Waals surface area (Å²) < 4.78 is 13.7. The molecule has 0 spiro atoms. The lowest BCUT2D eigenvalue weighted by atomic mass is 10.0. The molecule has 0 amide bonds. The Morgan fingerprint density at radius 2 is 1.95 bits per heavy atom. The van der Waals surface area contributed by atoms with E-state index in [1.807, 2.05) is 6.07 Å². The molecule has 2 aromatic carbocycles.